The largest absolute Gasteiger partial charge is 0.507 e. The summed E-state index contributed by atoms with van der Waals surface area (Å²) in [4.78, 5) is 69.0. The number of fused-ring (bicyclic) bond motifs is 3. The monoisotopic (exact) mass is 1140 g/mol. The number of piperidine rings is 2. The van der Waals surface area contributed by atoms with E-state index >= 15 is 0 Å². The third-order valence-corrected chi connectivity index (χ3v) is 19.6. The van der Waals surface area contributed by atoms with Crippen molar-refractivity contribution in [1.82, 2.24) is 55.5 Å². The van der Waals surface area contributed by atoms with Crippen LogP contribution in [0.15, 0.2) is 66.4 Å². The zero-order valence-corrected chi connectivity index (χ0v) is 48.6. The lowest BCUT2D eigenvalue weighted by atomic mass is 9.85. The lowest BCUT2D eigenvalue weighted by molar-refractivity contribution is -0.145. The van der Waals surface area contributed by atoms with Gasteiger partial charge in [0.15, 0.2) is 11.3 Å². The molecule has 8 heterocycles. The van der Waals surface area contributed by atoms with Crippen LogP contribution >= 0.6 is 11.3 Å². The number of aliphatic hydroxyl groups excluding tert-OH is 1. The summed E-state index contributed by atoms with van der Waals surface area (Å²) in [6.45, 7) is 14.8. The number of ether oxygens (including phenoxy) is 1. The number of anilines is 1. The molecule has 3 saturated heterocycles. The van der Waals surface area contributed by atoms with Crippen LogP contribution < -0.4 is 20.3 Å². The number of benzene rings is 2. The van der Waals surface area contributed by atoms with Crippen LogP contribution in [0.2, 0.25) is 0 Å². The van der Waals surface area contributed by atoms with E-state index in [0.29, 0.717) is 35.0 Å². The molecule has 12 rings (SSSR count). The number of aromatic nitrogens is 6. The van der Waals surface area contributed by atoms with E-state index in [9.17, 15) is 29.0 Å². The Kier molecular flexibility index (Phi) is 15.6. The Labute approximate surface area is 482 Å². The van der Waals surface area contributed by atoms with Crippen LogP contribution in [0.4, 0.5) is 10.3 Å². The lowest BCUT2D eigenvalue weighted by Gasteiger charge is -2.45. The van der Waals surface area contributed by atoms with Crippen molar-refractivity contribution in [3.05, 3.63) is 94.5 Å². The molecule has 434 valence electrons. The number of aliphatic hydroxyl groups is 1. The molecule has 0 spiro atoms. The fraction of sp³-hybridized carbons (Fsp3) is 0.548. The summed E-state index contributed by atoms with van der Waals surface area (Å²) in [7, 11) is 0. The van der Waals surface area contributed by atoms with E-state index in [0.717, 1.165) is 122 Å². The molecule has 5 N–H and O–H groups in total. The highest BCUT2D eigenvalue weighted by Gasteiger charge is 2.53. The van der Waals surface area contributed by atoms with E-state index in [2.05, 4.69) is 70.9 Å². The number of amides is 3. The van der Waals surface area contributed by atoms with Gasteiger partial charge in [0.05, 0.1) is 40.0 Å². The van der Waals surface area contributed by atoms with E-state index in [-0.39, 0.29) is 50.2 Å². The Morgan fingerprint density at radius 2 is 1.61 bits per heavy atom. The summed E-state index contributed by atoms with van der Waals surface area (Å²) >= 11 is 1.57. The van der Waals surface area contributed by atoms with Crippen molar-refractivity contribution in [2.24, 2.45) is 5.41 Å². The smallest absolute Gasteiger partial charge is 0.258 e. The number of hydrogen-bond donors (Lipinski definition) is 5. The number of rotatable bonds is 14. The number of phenols is 1. The molecule has 2 saturated carbocycles. The van der Waals surface area contributed by atoms with Crippen molar-refractivity contribution in [2.45, 2.75) is 172 Å². The summed E-state index contributed by atoms with van der Waals surface area (Å²) < 4.78 is 21.7. The molecule has 2 aliphatic carbocycles. The molecule has 0 unspecified atom stereocenters. The van der Waals surface area contributed by atoms with Gasteiger partial charge in [0.2, 0.25) is 17.8 Å². The molecule has 3 amide bonds. The molecule has 0 bridgehead atoms. The van der Waals surface area contributed by atoms with Crippen LogP contribution in [-0.4, -0.2) is 154 Å². The van der Waals surface area contributed by atoms with Crippen molar-refractivity contribution < 1.29 is 33.7 Å². The van der Waals surface area contributed by atoms with Crippen molar-refractivity contribution in [3.63, 3.8) is 0 Å². The van der Waals surface area contributed by atoms with Gasteiger partial charge in [-0.1, -0.05) is 45.0 Å². The average Bonchev–Trinajstić information content (AvgIpc) is 3.77. The van der Waals surface area contributed by atoms with Gasteiger partial charge in [0, 0.05) is 84.7 Å². The number of carbonyl (C=O) groups excluding carboxylic acids is 3. The third-order valence-electron chi connectivity index (χ3n) is 18.6. The van der Waals surface area contributed by atoms with Gasteiger partial charge in [-0.05, 0) is 151 Å². The molecular weight excluding hydrogens is 1060 g/mol. The minimum Gasteiger partial charge on any atom is -0.507 e. The first-order valence-electron chi connectivity index (χ1n) is 29.7. The topological polar surface area (TPSA) is 218 Å². The molecule has 82 heavy (non-hydrogen) atoms. The van der Waals surface area contributed by atoms with E-state index in [4.69, 9.17) is 14.7 Å². The lowest BCUT2D eigenvalue weighted by Crippen LogP contribution is -2.59. The highest BCUT2D eigenvalue weighted by atomic mass is 32.1. The Morgan fingerprint density at radius 1 is 0.902 bits per heavy atom. The zero-order chi connectivity index (χ0) is 57.0. The minimum atomic E-state index is -1.96. The second kappa shape index (κ2) is 22.9. The molecule has 4 atom stereocenters. The van der Waals surface area contributed by atoms with Gasteiger partial charge in [-0.3, -0.25) is 14.4 Å². The number of carbonyl (C=O) groups is 3. The molecule has 18 nitrogen and oxygen atoms in total. The van der Waals surface area contributed by atoms with Crippen LogP contribution in [-0.2, 0) is 27.3 Å². The number of hydrogen-bond acceptors (Lipinski definition) is 15. The Bertz CT molecular complexity index is 3300. The van der Waals surface area contributed by atoms with Crippen LogP contribution in [0, 0.1) is 12.3 Å². The molecule has 20 heteroatoms. The summed E-state index contributed by atoms with van der Waals surface area (Å²) in [6, 6.07) is 14.4. The molecule has 2 aromatic carbocycles. The number of aromatic amines is 1. The summed E-state index contributed by atoms with van der Waals surface area (Å²) in [5, 5.41) is 36.9. The van der Waals surface area contributed by atoms with Gasteiger partial charge < -0.3 is 50.2 Å². The number of aryl methyl sites for hydroxylation is 1. The number of likely N-dealkylation sites (tertiary alicyclic amines) is 3. The molecule has 5 fully saturated rings. The highest BCUT2D eigenvalue weighted by Crippen LogP contribution is 2.42. The number of thiazole rings is 1. The maximum Gasteiger partial charge on any atom is 0.258 e. The summed E-state index contributed by atoms with van der Waals surface area (Å²) in [6.07, 6.45) is 12.8. The summed E-state index contributed by atoms with van der Waals surface area (Å²) in [5.41, 5.74) is 7.43. The first-order chi connectivity index (χ1) is 39.5. The molecule has 4 aromatic heterocycles. The second-order valence-electron chi connectivity index (χ2n) is 25.0. The number of para-hydroxylation sites is 1. The SMILES string of the molecule is Cc1ncsc1-c1ccc(CNC(=O)[C@@H]2C[C@@H](O)CN2C(=O)[C@@H](NC(=O)C2(F)CC2)C(C)(C)C)c(O[C@H]2CC[C@H](N3CCC(N4CCC(c5cnc(N6CCc7[nH]c8nnc(-c9ccccc9O)cc8c7[C@@H]6C)nc5)CC4)CC3)CC2)c1. The Morgan fingerprint density at radius 3 is 2.29 bits per heavy atom. The van der Waals surface area contributed by atoms with E-state index in [1.807, 2.05) is 42.8 Å². The van der Waals surface area contributed by atoms with Crippen LogP contribution in [0.1, 0.15) is 138 Å². The van der Waals surface area contributed by atoms with Crippen molar-refractivity contribution in [1.29, 1.82) is 0 Å². The number of nitrogens with one attached hydrogen (secondary N) is 3. The average molecular weight is 1140 g/mol. The molecular formula is C62H77FN12O6S. The van der Waals surface area contributed by atoms with Crippen LogP contribution in [0.3, 0.4) is 0 Å². The van der Waals surface area contributed by atoms with E-state index in [1.54, 1.807) is 44.2 Å². The maximum absolute atomic E-state index is 14.8. The number of β-amino-alcohol motifs (C(OH)–C–C–N with tert-alkyl or cyclic N) is 1. The third kappa shape index (κ3) is 11.4. The number of H-pyrrole nitrogens is 1. The van der Waals surface area contributed by atoms with Crippen molar-refractivity contribution in [3.8, 4) is 33.2 Å². The van der Waals surface area contributed by atoms with Crippen LogP contribution in [0.5, 0.6) is 11.5 Å². The van der Waals surface area contributed by atoms with Crippen LogP contribution in [0.25, 0.3) is 32.7 Å². The number of aromatic hydroxyl groups is 1. The number of nitrogens with zero attached hydrogens (tertiary/aromatic N) is 9. The van der Waals surface area contributed by atoms with Gasteiger partial charge >= 0.3 is 0 Å². The fourth-order valence-corrected chi connectivity index (χ4v) is 14.4. The highest BCUT2D eigenvalue weighted by molar-refractivity contribution is 7.13. The number of halogens is 1. The minimum absolute atomic E-state index is 0.00926. The maximum atomic E-state index is 14.8. The quantitative estimate of drug-likeness (QED) is 0.0693. The van der Waals surface area contributed by atoms with Gasteiger partial charge in [-0.2, -0.15) is 0 Å². The van der Waals surface area contributed by atoms with E-state index < -0.39 is 47.0 Å². The Hall–Kier alpha value is -6.61. The van der Waals surface area contributed by atoms with Crippen molar-refractivity contribution in [2.75, 3.05) is 44.2 Å². The van der Waals surface area contributed by atoms with Crippen molar-refractivity contribution >= 4 is 46.0 Å². The van der Waals surface area contributed by atoms with Gasteiger partial charge in [0.1, 0.15) is 23.6 Å². The second-order valence-corrected chi connectivity index (χ2v) is 25.9. The number of alkyl halides is 1. The van der Waals surface area contributed by atoms with Gasteiger partial charge in [-0.15, -0.1) is 21.5 Å². The molecule has 0 radical (unpaired) electrons. The zero-order valence-electron chi connectivity index (χ0n) is 47.7. The first-order valence-corrected chi connectivity index (χ1v) is 30.6. The normalized spacial score (nSPS) is 24.1. The standard InChI is InChI=1S/C62H77FN12O6S/c1-36-54(82-35-67-36)39-10-11-40(31-64-57(78)50-29-44(76)34-75(50)58(79)55(61(3,4)5)69-59(80)62(63)21-22-62)52(28-39)81-45-14-12-42(13-15-45)73-25-18-43(19-26-73)72-23-16-38(17-24-72)41-32-65-60(66-33-41)74-27-20-48-53(37(74)2)47-30-49(70-71-56(47)68-48)46-8-6-7-9-51(46)77/h6-11,28,30,32-33,35,37-38,42-45,50,55,76-77H,12-27,29,31,34H2,1-5H3,(H,64,78)(H,68,71)(H,69,80)/t37-,42-,44+,45-,50-,55+/m0/s1. The molecule has 6 aliphatic rings. The first kappa shape index (κ1) is 55.9. The summed E-state index contributed by atoms with van der Waals surface area (Å²) in [5.74, 6) is 0.313. The molecule has 6 aromatic rings. The fourth-order valence-electron chi connectivity index (χ4n) is 13.6. The van der Waals surface area contributed by atoms with Gasteiger partial charge in [-0.25, -0.2) is 19.3 Å². The Balaban J connectivity index is 0.619. The van der Waals surface area contributed by atoms with Gasteiger partial charge in [0.25, 0.3) is 5.91 Å². The predicted molar refractivity (Wildman–Crippen MR) is 312 cm³/mol. The number of phenolic OH excluding ortho intramolecular Hbond substituents is 1. The molecule has 4 aliphatic heterocycles. The predicted octanol–water partition coefficient (Wildman–Crippen LogP) is 8.32. The van der Waals surface area contributed by atoms with E-state index in [1.165, 1.54) is 28.9 Å².